The van der Waals surface area contributed by atoms with Gasteiger partial charge in [0, 0.05) is 30.7 Å². The van der Waals surface area contributed by atoms with Crippen LogP contribution in [0.5, 0.6) is 0 Å². The van der Waals surface area contributed by atoms with E-state index in [4.69, 9.17) is 9.84 Å². The number of hydrogen-bond donors (Lipinski definition) is 1. The van der Waals surface area contributed by atoms with Gasteiger partial charge in [-0.15, -0.1) is 5.10 Å². The van der Waals surface area contributed by atoms with Crippen LogP contribution in [0.4, 0.5) is 0 Å². The third-order valence-electron chi connectivity index (χ3n) is 7.23. The number of nitrogens with zero attached hydrogens (tertiary/aromatic N) is 5. The maximum Gasteiger partial charge on any atom is 0.259 e. The van der Waals surface area contributed by atoms with Gasteiger partial charge in [0.15, 0.2) is 5.82 Å². The van der Waals surface area contributed by atoms with E-state index in [9.17, 15) is 9.59 Å². The molecule has 4 aromatic rings. The molecule has 202 valence electrons. The highest BCUT2D eigenvalue weighted by atomic mass is 16.5. The summed E-state index contributed by atoms with van der Waals surface area (Å²) in [5.74, 6) is 0.979. The Balaban J connectivity index is 1.68. The number of fused-ring (bicyclic) bond motifs is 1. The van der Waals surface area contributed by atoms with Gasteiger partial charge in [-0.05, 0) is 42.5 Å². The molecule has 0 bridgehead atoms. The monoisotopic (exact) mass is 526 g/mol. The molecule has 3 heterocycles. The van der Waals surface area contributed by atoms with E-state index >= 15 is 0 Å². The summed E-state index contributed by atoms with van der Waals surface area (Å²) in [6.45, 7) is 6.46. The highest BCUT2D eigenvalue weighted by molar-refractivity contribution is 6.16. The minimum atomic E-state index is -0.125. The van der Waals surface area contributed by atoms with Crippen LogP contribution in [-0.4, -0.2) is 37.9 Å². The van der Waals surface area contributed by atoms with Gasteiger partial charge < -0.3 is 4.74 Å². The topological polar surface area (TPSA) is 103 Å². The van der Waals surface area contributed by atoms with E-state index in [1.807, 2.05) is 41.8 Å². The number of nitrogens with one attached hydrogen (secondary N) is 1. The van der Waals surface area contributed by atoms with E-state index in [-0.39, 0.29) is 30.5 Å². The molecule has 1 atom stereocenters. The van der Waals surface area contributed by atoms with Crippen LogP contribution in [0.3, 0.4) is 0 Å². The first-order valence-electron chi connectivity index (χ1n) is 13.5. The summed E-state index contributed by atoms with van der Waals surface area (Å²) >= 11 is 0. The first kappa shape index (κ1) is 26.5. The first-order chi connectivity index (χ1) is 18.9. The number of carbonyl (C=O) groups is 1. The average molecular weight is 527 g/mol. The zero-order valence-corrected chi connectivity index (χ0v) is 22.9. The van der Waals surface area contributed by atoms with E-state index in [2.05, 4.69) is 47.6 Å². The number of methoxy groups -OCH3 is 1. The molecule has 2 aromatic carbocycles. The maximum absolute atomic E-state index is 14.1. The summed E-state index contributed by atoms with van der Waals surface area (Å²) in [6, 6.07) is 16.2. The Morgan fingerprint density at radius 3 is 2.54 bits per heavy atom. The number of rotatable bonds is 10. The van der Waals surface area contributed by atoms with Crippen molar-refractivity contribution in [1.82, 2.24) is 24.6 Å². The van der Waals surface area contributed by atoms with Crippen LogP contribution >= 0.6 is 0 Å². The van der Waals surface area contributed by atoms with E-state index in [0.717, 1.165) is 40.8 Å². The second-order valence-corrected chi connectivity index (χ2v) is 9.97. The molecule has 9 heteroatoms. The number of ether oxygens (including phenoxy) is 1. The Labute approximate surface area is 227 Å². The van der Waals surface area contributed by atoms with Crippen LogP contribution in [0.15, 0.2) is 58.4 Å². The van der Waals surface area contributed by atoms with Crippen molar-refractivity contribution in [2.75, 3.05) is 7.11 Å². The minimum Gasteiger partial charge on any atom is -0.377 e. The van der Waals surface area contributed by atoms with Crippen molar-refractivity contribution < 1.29 is 9.53 Å². The summed E-state index contributed by atoms with van der Waals surface area (Å²) in [6.07, 6.45) is 2.98. The molecule has 9 nitrogen and oxygen atoms in total. The number of amides is 1. The molecule has 1 N–H and O–H groups in total. The number of aryl methyl sites for hydroxylation is 1. The van der Waals surface area contributed by atoms with Gasteiger partial charge in [0.05, 0.1) is 17.8 Å². The second-order valence-electron chi connectivity index (χ2n) is 9.97. The summed E-state index contributed by atoms with van der Waals surface area (Å²) in [5.41, 5.74) is 8.71. The van der Waals surface area contributed by atoms with Crippen molar-refractivity contribution in [3.63, 3.8) is 0 Å². The van der Waals surface area contributed by atoms with E-state index in [1.165, 1.54) is 0 Å². The molecule has 0 saturated carbocycles. The number of benzene rings is 2. The number of hydrogen-bond acceptors (Lipinski definition) is 6. The largest absolute Gasteiger partial charge is 0.377 e. The number of carbonyl (C=O) groups excluding carboxylic acids is 1. The van der Waals surface area contributed by atoms with Crippen molar-refractivity contribution in [3.8, 4) is 11.1 Å². The Kier molecular flexibility index (Phi) is 7.70. The highest BCUT2D eigenvalue weighted by Gasteiger charge is 2.24. The van der Waals surface area contributed by atoms with Gasteiger partial charge in [0.25, 0.3) is 5.56 Å². The van der Waals surface area contributed by atoms with Gasteiger partial charge in [-0.1, -0.05) is 62.7 Å². The van der Waals surface area contributed by atoms with Gasteiger partial charge in [-0.3, -0.25) is 14.2 Å². The Hall–Kier alpha value is -4.11. The molecule has 0 fully saturated rings. The van der Waals surface area contributed by atoms with Crippen LogP contribution in [0.1, 0.15) is 74.3 Å². The molecule has 39 heavy (non-hydrogen) atoms. The zero-order chi connectivity index (χ0) is 27.5. The van der Waals surface area contributed by atoms with Gasteiger partial charge in [0.2, 0.25) is 11.7 Å². The Morgan fingerprint density at radius 1 is 1.08 bits per heavy atom. The van der Waals surface area contributed by atoms with E-state index in [0.29, 0.717) is 35.7 Å². The molecular formula is C30H34N6O3. The summed E-state index contributed by atoms with van der Waals surface area (Å²) in [4.78, 5) is 30.8. The third kappa shape index (κ3) is 5.14. The van der Waals surface area contributed by atoms with Gasteiger partial charge in [0.1, 0.15) is 6.61 Å². The molecule has 1 aliphatic rings. The van der Waals surface area contributed by atoms with E-state index in [1.54, 1.807) is 11.7 Å². The summed E-state index contributed by atoms with van der Waals surface area (Å²) in [5, 5.41) is 9.05. The summed E-state index contributed by atoms with van der Waals surface area (Å²) < 4.78 is 8.90. The molecular weight excluding hydrogens is 492 g/mol. The summed E-state index contributed by atoms with van der Waals surface area (Å²) in [7, 11) is 1.61. The zero-order valence-electron chi connectivity index (χ0n) is 22.9. The van der Waals surface area contributed by atoms with Crippen molar-refractivity contribution >= 4 is 17.4 Å². The Morgan fingerprint density at radius 2 is 1.87 bits per heavy atom. The molecule has 5 rings (SSSR count). The lowest BCUT2D eigenvalue weighted by molar-refractivity contribution is -0.119. The van der Waals surface area contributed by atoms with Crippen LogP contribution in [0.25, 0.3) is 16.9 Å². The normalized spacial score (nSPS) is 14.1. The number of aromatic nitrogens is 4. The van der Waals surface area contributed by atoms with Crippen LogP contribution in [0, 0.1) is 0 Å². The molecule has 0 aliphatic carbocycles. The predicted molar refractivity (Wildman–Crippen MR) is 151 cm³/mol. The molecule has 1 aliphatic heterocycles. The van der Waals surface area contributed by atoms with Crippen molar-refractivity contribution in [2.45, 2.75) is 65.5 Å². The lowest BCUT2D eigenvalue weighted by atomic mass is 9.91. The fraction of sp³-hybridized carbons (Fsp3) is 0.367. The van der Waals surface area contributed by atoms with Crippen molar-refractivity contribution in [2.24, 2.45) is 5.10 Å². The lowest BCUT2D eigenvalue weighted by Crippen LogP contribution is -2.31. The molecule has 1 amide bonds. The predicted octanol–water partition coefficient (Wildman–Crippen LogP) is 4.44. The quantitative estimate of drug-likeness (QED) is 0.329. The standard InChI is InChI=1S/C30H34N6O3/c1-5-10-26-24(29(38)35(19(3)6-2)30-31-27(18-39-4)34-36(26)30)16-20-13-14-22(21-11-8-7-9-12-21)23(15-20)25-17-28(37)33-32-25/h7-9,11-15,19H,5-6,10,16-18H2,1-4H3,(H,33,37). The molecule has 0 radical (unpaired) electrons. The van der Waals surface area contributed by atoms with Gasteiger partial charge in [-0.2, -0.15) is 10.1 Å². The number of hydrazone groups is 1. The average Bonchev–Trinajstić information content (AvgIpc) is 3.57. The SMILES string of the molecule is CCCc1c(Cc2ccc(-c3ccccc3)c(C3=NNC(=O)C3)c2)c(=O)n(C(C)CC)c2nc(COC)nn12. The maximum atomic E-state index is 14.1. The third-order valence-corrected chi connectivity index (χ3v) is 7.23. The minimum absolute atomic E-state index is 0.0413. The first-order valence-corrected chi connectivity index (χ1v) is 13.5. The Bertz CT molecular complexity index is 1600. The van der Waals surface area contributed by atoms with Gasteiger partial charge in [-0.25, -0.2) is 9.94 Å². The van der Waals surface area contributed by atoms with Gasteiger partial charge >= 0.3 is 0 Å². The fourth-order valence-corrected chi connectivity index (χ4v) is 5.14. The van der Waals surface area contributed by atoms with Crippen LogP contribution < -0.4 is 11.0 Å². The smallest absolute Gasteiger partial charge is 0.259 e. The van der Waals surface area contributed by atoms with Crippen molar-refractivity contribution in [1.29, 1.82) is 0 Å². The highest BCUT2D eigenvalue weighted by Crippen LogP contribution is 2.28. The van der Waals surface area contributed by atoms with Crippen LogP contribution in [-0.2, 0) is 29.0 Å². The van der Waals surface area contributed by atoms with Crippen molar-refractivity contribution in [3.05, 3.63) is 87.1 Å². The lowest BCUT2D eigenvalue weighted by Gasteiger charge is -2.19. The second kappa shape index (κ2) is 11.3. The van der Waals surface area contributed by atoms with E-state index < -0.39 is 0 Å². The molecule has 0 spiro atoms. The molecule has 1 unspecified atom stereocenters. The van der Waals surface area contributed by atoms with Crippen LogP contribution in [0.2, 0.25) is 0 Å². The fourth-order valence-electron chi connectivity index (χ4n) is 5.14. The molecule has 2 aromatic heterocycles. The molecule has 0 saturated heterocycles.